The predicted octanol–water partition coefficient (Wildman–Crippen LogP) is 8.18. The molecule has 0 aliphatic rings. The van der Waals surface area contributed by atoms with E-state index in [1.54, 1.807) is 0 Å². The van der Waals surface area contributed by atoms with E-state index in [-0.39, 0.29) is 0 Å². The smallest absolute Gasteiger partial charge is 0.139 e. The standard InChI is InChI=1S/C27H26O/c1-5-22-23(16-17-25-24-8-6-7-9-26(24)28-27(22)25)21-14-12-20(13-15-21)19(4)11-10-18(2)3/h6-17H,5H2,1-4H3/b19-11+. The first kappa shape index (κ1) is 18.3. The van der Waals surface area contributed by atoms with Crippen molar-refractivity contribution in [1.82, 2.24) is 0 Å². The molecule has 0 aliphatic carbocycles. The molecule has 0 N–H and O–H groups in total. The summed E-state index contributed by atoms with van der Waals surface area (Å²) in [4.78, 5) is 0. The van der Waals surface area contributed by atoms with Crippen molar-refractivity contribution < 1.29 is 4.42 Å². The molecule has 0 aliphatic heterocycles. The van der Waals surface area contributed by atoms with Crippen molar-refractivity contribution in [2.75, 3.05) is 0 Å². The molecular formula is C27H26O. The van der Waals surface area contributed by atoms with E-state index in [1.807, 2.05) is 12.1 Å². The van der Waals surface area contributed by atoms with Crippen LogP contribution in [0.4, 0.5) is 0 Å². The van der Waals surface area contributed by atoms with Gasteiger partial charge in [-0.25, -0.2) is 0 Å². The SMILES string of the molecule is CCc1c(-c2ccc(/C(C)=C/C=C(C)C)cc2)ccc2c1oc1ccccc12. The molecule has 4 rings (SSSR count). The van der Waals surface area contributed by atoms with Gasteiger partial charge in [-0.05, 0) is 61.6 Å². The van der Waals surface area contributed by atoms with Gasteiger partial charge in [-0.1, -0.05) is 73.2 Å². The molecule has 0 fully saturated rings. The molecule has 0 bridgehead atoms. The molecular weight excluding hydrogens is 340 g/mol. The maximum absolute atomic E-state index is 6.24. The molecule has 0 spiro atoms. The summed E-state index contributed by atoms with van der Waals surface area (Å²) in [7, 11) is 0. The van der Waals surface area contributed by atoms with E-state index in [0.717, 1.165) is 17.6 Å². The fraction of sp³-hybridized carbons (Fsp3) is 0.185. The van der Waals surface area contributed by atoms with E-state index >= 15 is 0 Å². The van der Waals surface area contributed by atoms with Gasteiger partial charge in [-0.2, -0.15) is 0 Å². The van der Waals surface area contributed by atoms with Crippen LogP contribution in [0.5, 0.6) is 0 Å². The van der Waals surface area contributed by atoms with Crippen LogP contribution >= 0.6 is 0 Å². The Morgan fingerprint density at radius 1 is 0.821 bits per heavy atom. The Morgan fingerprint density at radius 2 is 1.57 bits per heavy atom. The summed E-state index contributed by atoms with van der Waals surface area (Å²) in [5, 5.41) is 2.39. The average molecular weight is 367 g/mol. The Morgan fingerprint density at radius 3 is 2.29 bits per heavy atom. The van der Waals surface area contributed by atoms with Crippen molar-refractivity contribution in [3.05, 3.63) is 89.5 Å². The lowest BCUT2D eigenvalue weighted by Gasteiger charge is -2.10. The zero-order valence-electron chi connectivity index (χ0n) is 17.0. The number of fused-ring (bicyclic) bond motifs is 3. The fourth-order valence-electron chi connectivity index (χ4n) is 3.77. The van der Waals surface area contributed by atoms with Gasteiger partial charge < -0.3 is 4.42 Å². The van der Waals surface area contributed by atoms with Gasteiger partial charge >= 0.3 is 0 Å². The minimum Gasteiger partial charge on any atom is -0.456 e. The van der Waals surface area contributed by atoms with E-state index in [4.69, 9.17) is 4.42 Å². The molecule has 1 heterocycles. The van der Waals surface area contributed by atoms with Crippen LogP contribution in [-0.4, -0.2) is 0 Å². The van der Waals surface area contributed by atoms with Gasteiger partial charge in [0.15, 0.2) is 0 Å². The third-order valence-corrected chi connectivity index (χ3v) is 5.32. The maximum atomic E-state index is 6.24. The number of hydrogen-bond acceptors (Lipinski definition) is 1. The minimum absolute atomic E-state index is 0.938. The Bertz CT molecular complexity index is 1200. The number of para-hydroxylation sites is 1. The van der Waals surface area contributed by atoms with Crippen molar-refractivity contribution in [3.8, 4) is 11.1 Å². The Labute approximate surface area is 167 Å². The van der Waals surface area contributed by atoms with Crippen molar-refractivity contribution in [1.29, 1.82) is 0 Å². The van der Waals surface area contributed by atoms with Gasteiger partial charge in [0.05, 0.1) is 0 Å². The summed E-state index contributed by atoms with van der Waals surface area (Å²) >= 11 is 0. The van der Waals surface area contributed by atoms with Crippen LogP contribution in [-0.2, 0) is 6.42 Å². The molecule has 0 saturated heterocycles. The molecule has 28 heavy (non-hydrogen) atoms. The zero-order valence-corrected chi connectivity index (χ0v) is 17.0. The molecule has 0 atom stereocenters. The summed E-state index contributed by atoms with van der Waals surface area (Å²) in [6.07, 6.45) is 5.28. The Kier molecular flexibility index (Phi) is 4.92. The van der Waals surface area contributed by atoms with Crippen LogP contribution in [0.25, 0.3) is 38.6 Å². The number of furan rings is 1. The van der Waals surface area contributed by atoms with Crippen LogP contribution in [0, 0.1) is 0 Å². The van der Waals surface area contributed by atoms with E-state index in [2.05, 4.69) is 88.4 Å². The van der Waals surface area contributed by atoms with Crippen LogP contribution < -0.4 is 0 Å². The summed E-state index contributed by atoms with van der Waals surface area (Å²) in [5.41, 5.74) is 9.58. The summed E-state index contributed by atoms with van der Waals surface area (Å²) in [6, 6.07) is 21.6. The molecule has 0 radical (unpaired) electrons. The molecule has 1 aromatic heterocycles. The highest BCUT2D eigenvalue weighted by Crippen LogP contribution is 2.36. The maximum Gasteiger partial charge on any atom is 0.139 e. The number of hydrogen-bond donors (Lipinski definition) is 0. The molecule has 0 saturated carbocycles. The first-order chi connectivity index (χ1) is 13.6. The summed E-state index contributed by atoms with van der Waals surface area (Å²) in [5.74, 6) is 0. The van der Waals surface area contributed by atoms with Crippen molar-refractivity contribution >= 4 is 27.5 Å². The summed E-state index contributed by atoms with van der Waals surface area (Å²) in [6.45, 7) is 8.60. The number of allylic oxidation sites excluding steroid dienone is 4. The molecule has 3 aromatic carbocycles. The fourth-order valence-corrected chi connectivity index (χ4v) is 3.77. The lowest BCUT2D eigenvalue weighted by Crippen LogP contribution is -1.89. The van der Waals surface area contributed by atoms with Gasteiger partial charge in [0.1, 0.15) is 11.2 Å². The average Bonchev–Trinajstić information content (AvgIpc) is 3.10. The van der Waals surface area contributed by atoms with Gasteiger partial charge in [-0.15, -0.1) is 0 Å². The van der Waals surface area contributed by atoms with Crippen LogP contribution in [0.15, 0.2) is 82.8 Å². The lowest BCUT2D eigenvalue weighted by molar-refractivity contribution is 0.663. The topological polar surface area (TPSA) is 13.1 Å². The Balaban J connectivity index is 1.79. The highest BCUT2D eigenvalue weighted by molar-refractivity contribution is 6.07. The molecule has 140 valence electrons. The predicted molar refractivity (Wildman–Crippen MR) is 122 cm³/mol. The number of rotatable bonds is 4. The molecule has 0 unspecified atom stereocenters. The zero-order chi connectivity index (χ0) is 19.7. The van der Waals surface area contributed by atoms with Crippen molar-refractivity contribution in [2.24, 2.45) is 0 Å². The second-order valence-corrected chi connectivity index (χ2v) is 7.59. The van der Waals surface area contributed by atoms with Crippen molar-refractivity contribution in [2.45, 2.75) is 34.1 Å². The quantitative estimate of drug-likeness (QED) is 0.332. The first-order valence-corrected chi connectivity index (χ1v) is 9.94. The van der Waals surface area contributed by atoms with Crippen LogP contribution in [0.1, 0.15) is 38.8 Å². The number of benzene rings is 3. The third kappa shape index (κ3) is 3.29. The molecule has 0 amide bonds. The van der Waals surface area contributed by atoms with Gasteiger partial charge in [0, 0.05) is 16.3 Å². The Hall–Kier alpha value is -3.06. The second-order valence-electron chi connectivity index (χ2n) is 7.59. The lowest BCUT2D eigenvalue weighted by atomic mass is 9.94. The largest absolute Gasteiger partial charge is 0.456 e. The van der Waals surface area contributed by atoms with Crippen molar-refractivity contribution in [3.63, 3.8) is 0 Å². The highest BCUT2D eigenvalue weighted by atomic mass is 16.3. The number of aryl methyl sites for hydroxylation is 1. The van der Waals surface area contributed by atoms with E-state index in [9.17, 15) is 0 Å². The molecule has 1 heteroatoms. The minimum atomic E-state index is 0.938. The van der Waals surface area contributed by atoms with Crippen LogP contribution in [0.2, 0.25) is 0 Å². The first-order valence-electron chi connectivity index (χ1n) is 9.94. The third-order valence-electron chi connectivity index (χ3n) is 5.32. The van der Waals surface area contributed by atoms with E-state index < -0.39 is 0 Å². The summed E-state index contributed by atoms with van der Waals surface area (Å²) < 4.78 is 6.24. The molecule has 4 aromatic rings. The van der Waals surface area contributed by atoms with E-state index in [0.29, 0.717) is 0 Å². The van der Waals surface area contributed by atoms with Gasteiger partial charge in [0.25, 0.3) is 0 Å². The second kappa shape index (κ2) is 7.52. The monoisotopic (exact) mass is 366 g/mol. The van der Waals surface area contributed by atoms with Gasteiger partial charge in [0.2, 0.25) is 0 Å². The molecule has 1 nitrogen and oxygen atoms in total. The van der Waals surface area contributed by atoms with E-state index in [1.165, 1.54) is 44.2 Å². The van der Waals surface area contributed by atoms with Crippen LogP contribution in [0.3, 0.4) is 0 Å². The highest BCUT2D eigenvalue weighted by Gasteiger charge is 2.14. The normalized spacial score (nSPS) is 11.9. The van der Waals surface area contributed by atoms with Gasteiger partial charge in [-0.3, -0.25) is 0 Å².